The summed E-state index contributed by atoms with van der Waals surface area (Å²) in [6.07, 6.45) is 1.57. The lowest BCUT2D eigenvalue weighted by molar-refractivity contribution is 0.0697. The molecule has 1 N–H and O–H groups in total. The first-order valence-electron chi connectivity index (χ1n) is 9.67. The van der Waals surface area contributed by atoms with Crippen molar-refractivity contribution in [2.45, 2.75) is 10.8 Å². The molecular weight excluding hydrogens is 424 g/mol. The normalized spacial score (nSPS) is 10.5. The van der Waals surface area contributed by atoms with Crippen LogP contribution in [-0.2, 0) is 5.75 Å². The van der Waals surface area contributed by atoms with E-state index in [2.05, 4.69) is 6.07 Å². The van der Waals surface area contributed by atoms with Crippen LogP contribution in [0.2, 0.25) is 0 Å². The van der Waals surface area contributed by atoms with Crippen molar-refractivity contribution in [2.24, 2.45) is 0 Å². The molecule has 2 aromatic heterocycles. The van der Waals surface area contributed by atoms with Gasteiger partial charge in [0, 0.05) is 16.9 Å². The maximum Gasteiger partial charge on any atom is 0.335 e. The predicted molar refractivity (Wildman–Crippen MR) is 122 cm³/mol. The first-order chi connectivity index (χ1) is 15.6. The minimum atomic E-state index is -0.965. The lowest BCUT2D eigenvalue weighted by Gasteiger charge is -2.11. The van der Waals surface area contributed by atoms with Crippen molar-refractivity contribution in [1.82, 2.24) is 4.98 Å². The van der Waals surface area contributed by atoms with Gasteiger partial charge >= 0.3 is 5.97 Å². The molecule has 0 saturated carbocycles. The van der Waals surface area contributed by atoms with E-state index in [0.717, 1.165) is 16.9 Å². The van der Waals surface area contributed by atoms with Crippen molar-refractivity contribution < 1.29 is 19.1 Å². The van der Waals surface area contributed by atoms with Crippen LogP contribution in [0.15, 0.2) is 82.4 Å². The van der Waals surface area contributed by atoms with Crippen LogP contribution in [0.5, 0.6) is 5.75 Å². The standard InChI is InChI=1S/C25H18N2O4S/c1-30-19-10-8-17(9-11-19)22-13-20(23-3-2-12-31-23)21(14-26)24(27-22)32-15-16-4-6-18(7-5-16)25(28)29/h2-13H,15H2,1H3,(H,28,29). The van der Waals surface area contributed by atoms with Crippen LogP contribution >= 0.6 is 11.8 Å². The number of aromatic nitrogens is 1. The number of carbonyl (C=O) groups is 1. The molecule has 4 rings (SSSR count). The van der Waals surface area contributed by atoms with E-state index >= 15 is 0 Å². The zero-order chi connectivity index (χ0) is 22.5. The van der Waals surface area contributed by atoms with Gasteiger partial charge in [-0.05, 0) is 60.2 Å². The third-order valence-corrected chi connectivity index (χ3v) is 5.89. The number of benzene rings is 2. The molecule has 7 heteroatoms. The Balaban J connectivity index is 1.73. The zero-order valence-electron chi connectivity index (χ0n) is 17.1. The molecule has 0 aliphatic carbocycles. The van der Waals surface area contributed by atoms with Crippen molar-refractivity contribution in [1.29, 1.82) is 5.26 Å². The van der Waals surface area contributed by atoms with E-state index in [1.54, 1.807) is 43.7 Å². The molecule has 4 aromatic rings. The number of carboxylic acid groups (broad SMARTS) is 1. The number of nitrogens with zero attached hydrogens (tertiary/aromatic N) is 2. The quantitative estimate of drug-likeness (QED) is 0.357. The van der Waals surface area contributed by atoms with Crippen LogP contribution < -0.4 is 4.74 Å². The summed E-state index contributed by atoms with van der Waals surface area (Å²) in [4.78, 5) is 15.8. The average Bonchev–Trinajstić information content (AvgIpc) is 3.37. The first-order valence-corrected chi connectivity index (χ1v) is 10.7. The van der Waals surface area contributed by atoms with Gasteiger partial charge in [-0.2, -0.15) is 5.26 Å². The Hall–Kier alpha value is -4.02. The number of methoxy groups -OCH3 is 1. The largest absolute Gasteiger partial charge is 0.497 e. The number of aromatic carboxylic acids is 1. The lowest BCUT2D eigenvalue weighted by atomic mass is 10.0. The van der Waals surface area contributed by atoms with Gasteiger partial charge in [0.25, 0.3) is 0 Å². The zero-order valence-corrected chi connectivity index (χ0v) is 17.9. The number of thioether (sulfide) groups is 1. The van der Waals surface area contributed by atoms with Gasteiger partial charge in [0.05, 0.1) is 30.2 Å². The Morgan fingerprint density at radius 2 is 1.91 bits per heavy atom. The van der Waals surface area contributed by atoms with Crippen LogP contribution in [0.25, 0.3) is 22.6 Å². The highest BCUT2D eigenvalue weighted by molar-refractivity contribution is 7.98. The Bertz CT molecular complexity index is 1280. The summed E-state index contributed by atoms with van der Waals surface area (Å²) in [5.74, 6) is 0.901. The molecule has 0 bridgehead atoms. The molecule has 0 atom stereocenters. The summed E-state index contributed by atoms with van der Waals surface area (Å²) in [7, 11) is 1.61. The van der Waals surface area contributed by atoms with Crippen LogP contribution in [0, 0.1) is 11.3 Å². The number of pyridine rings is 1. The van der Waals surface area contributed by atoms with Crippen LogP contribution in [-0.4, -0.2) is 23.2 Å². The summed E-state index contributed by atoms with van der Waals surface area (Å²) >= 11 is 1.42. The van der Waals surface area contributed by atoms with E-state index in [0.29, 0.717) is 33.4 Å². The Morgan fingerprint density at radius 1 is 1.16 bits per heavy atom. The number of carboxylic acids is 1. The van der Waals surface area contributed by atoms with Crippen molar-refractivity contribution in [3.8, 4) is 34.4 Å². The number of hydrogen-bond donors (Lipinski definition) is 1. The fraction of sp³-hybridized carbons (Fsp3) is 0.0800. The Kier molecular flexibility index (Phi) is 6.24. The fourth-order valence-corrected chi connectivity index (χ4v) is 4.12. The van der Waals surface area contributed by atoms with Crippen molar-refractivity contribution in [3.05, 3.63) is 89.7 Å². The molecule has 32 heavy (non-hydrogen) atoms. The maximum atomic E-state index is 11.1. The summed E-state index contributed by atoms with van der Waals surface area (Å²) < 4.78 is 10.8. The summed E-state index contributed by atoms with van der Waals surface area (Å²) in [5, 5.41) is 19.6. The second-order valence-corrected chi connectivity index (χ2v) is 7.81. The minimum absolute atomic E-state index is 0.233. The molecule has 0 radical (unpaired) electrons. The number of rotatable bonds is 7. The fourth-order valence-electron chi connectivity index (χ4n) is 3.17. The second kappa shape index (κ2) is 9.41. The summed E-state index contributed by atoms with van der Waals surface area (Å²) in [6.45, 7) is 0. The average molecular weight is 442 g/mol. The van der Waals surface area contributed by atoms with Crippen molar-refractivity contribution in [3.63, 3.8) is 0 Å². The number of furan rings is 1. The summed E-state index contributed by atoms with van der Waals surface area (Å²) in [5.41, 5.74) is 3.86. The Labute approximate surface area is 189 Å². The lowest BCUT2D eigenvalue weighted by Crippen LogP contribution is -1.97. The third kappa shape index (κ3) is 4.51. The smallest absolute Gasteiger partial charge is 0.335 e. The third-order valence-electron chi connectivity index (χ3n) is 4.85. The van der Waals surface area contributed by atoms with Crippen molar-refractivity contribution >= 4 is 17.7 Å². The minimum Gasteiger partial charge on any atom is -0.497 e. The van der Waals surface area contributed by atoms with Gasteiger partial charge < -0.3 is 14.3 Å². The van der Waals surface area contributed by atoms with Crippen LogP contribution in [0.1, 0.15) is 21.5 Å². The monoisotopic (exact) mass is 442 g/mol. The van der Waals surface area contributed by atoms with Gasteiger partial charge in [-0.3, -0.25) is 0 Å². The van der Waals surface area contributed by atoms with Crippen molar-refractivity contribution in [2.75, 3.05) is 7.11 Å². The Morgan fingerprint density at radius 3 is 2.50 bits per heavy atom. The topological polar surface area (TPSA) is 96.3 Å². The molecule has 2 heterocycles. The number of ether oxygens (including phenoxy) is 1. The number of hydrogen-bond acceptors (Lipinski definition) is 6. The van der Waals surface area contributed by atoms with Crippen LogP contribution in [0.4, 0.5) is 0 Å². The maximum absolute atomic E-state index is 11.1. The highest BCUT2D eigenvalue weighted by atomic mass is 32.2. The van der Waals surface area contributed by atoms with E-state index in [-0.39, 0.29) is 5.56 Å². The summed E-state index contributed by atoms with van der Waals surface area (Å²) in [6, 6.07) is 21.9. The highest BCUT2D eigenvalue weighted by Gasteiger charge is 2.18. The van der Waals surface area contributed by atoms with Gasteiger partial charge in [-0.25, -0.2) is 9.78 Å². The second-order valence-electron chi connectivity index (χ2n) is 6.84. The van der Waals surface area contributed by atoms with Gasteiger partial charge in [0.15, 0.2) is 0 Å². The molecule has 0 aliphatic heterocycles. The van der Waals surface area contributed by atoms with E-state index in [9.17, 15) is 10.1 Å². The molecular formula is C25H18N2O4S. The molecule has 0 fully saturated rings. The van der Waals surface area contributed by atoms with Gasteiger partial charge in [-0.1, -0.05) is 12.1 Å². The highest BCUT2D eigenvalue weighted by Crippen LogP contribution is 2.35. The SMILES string of the molecule is COc1ccc(-c2cc(-c3ccco3)c(C#N)c(SCc3ccc(C(=O)O)cc3)n2)cc1. The molecule has 0 amide bonds. The van der Waals surface area contributed by atoms with E-state index in [4.69, 9.17) is 19.2 Å². The molecule has 6 nitrogen and oxygen atoms in total. The molecule has 0 aliphatic rings. The van der Waals surface area contributed by atoms with E-state index in [1.165, 1.54) is 11.8 Å². The molecule has 0 spiro atoms. The number of nitriles is 1. The van der Waals surface area contributed by atoms with Gasteiger partial charge in [-0.15, -0.1) is 11.8 Å². The van der Waals surface area contributed by atoms with E-state index < -0.39 is 5.97 Å². The molecule has 0 unspecified atom stereocenters. The van der Waals surface area contributed by atoms with Gasteiger partial charge in [0.2, 0.25) is 0 Å². The molecule has 2 aromatic carbocycles. The molecule has 0 saturated heterocycles. The molecule has 158 valence electrons. The van der Waals surface area contributed by atoms with Crippen LogP contribution in [0.3, 0.4) is 0 Å². The first kappa shape index (κ1) is 21.2. The van der Waals surface area contributed by atoms with E-state index in [1.807, 2.05) is 36.4 Å². The predicted octanol–water partition coefficient (Wildman–Crippen LogP) is 5.88. The van der Waals surface area contributed by atoms with Gasteiger partial charge in [0.1, 0.15) is 22.6 Å².